The van der Waals surface area contributed by atoms with Gasteiger partial charge in [0.2, 0.25) is 5.91 Å². The Balaban J connectivity index is 2.12. The summed E-state index contributed by atoms with van der Waals surface area (Å²) in [5.41, 5.74) is 0.907. The largest absolute Gasteiger partial charge is 0.466 e. The zero-order valence-electron chi connectivity index (χ0n) is 19.1. The van der Waals surface area contributed by atoms with E-state index in [1.165, 1.54) is 4.57 Å². The Morgan fingerprint density at radius 1 is 1.09 bits per heavy atom. The molecule has 33 heavy (non-hydrogen) atoms. The molecule has 1 amide bonds. The first-order chi connectivity index (χ1) is 15.9. The number of amides is 1. The smallest absolute Gasteiger partial charge is 0.306 e. The van der Waals surface area contributed by atoms with Gasteiger partial charge in [0.05, 0.1) is 35.7 Å². The van der Waals surface area contributed by atoms with Crippen molar-refractivity contribution < 1.29 is 14.3 Å². The molecular formula is C25H28ClN3O4. The minimum atomic E-state index is -0.471. The fourth-order valence-corrected chi connectivity index (χ4v) is 4.12. The van der Waals surface area contributed by atoms with E-state index in [-0.39, 0.29) is 30.9 Å². The number of carbonyl (C=O) groups is 2. The van der Waals surface area contributed by atoms with Crippen molar-refractivity contribution in [3.63, 3.8) is 0 Å². The number of hydrogen-bond acceptors (Lipinski definition) is 5. The topological polar surface area (TPSA) is 81.5 Å². The highest BCUT2D eigenvalue weighted by Crippen LogP contribution is 2.27. The van der Waals surface area contributed by atoms with E-state index < -0.39 is 12.0 Å². The third-order valence-electron chi connectivity index (χ3n) is 5.44. The zero-order chi connectivity index (χ0) is 24.0. The first-order valence-electron chi connectivity index (χ1n) is 11.1. The molecule has 2 aromatic carbocycles. The van der Waals surface area contributed by atoms with E-state index in [0.29, 0.717) is 40.4 Å². The first-order valence-corrected chi connectivity index (χ1v) is 11.5. The zero-order valence-corrected chi connectivity index (χ0v) is 19.8. The lowest BCUT2D eigenvalue weighted by molar-refractivity contribution is -0.146. The number of hydrogen-bond donors (Lipinski definition) is 0. The van der Waals surface area contributed by atoms with Crippen LogP contribution in [0.2, 0.25) is 5.02 Å². The Bertz CT molecular complexity index is 1210. The number of para-hydroxylation sites is 1. The van der Waals surface area contributed by atoms with E-state index >= 15 is 0 Å². The van der Waals surface area contributed by atoms with Crippen LogP contribution < -0.4 is 5.56 Å². The molecule has 7 nitrogen and oxygen atoms in total. The summed E-state index contributed by atoms with van der Waals surface area (Å²) < 4.78 is 6.48. The van der Waals surface area contributed by atoms with E-state index in [4.69, 9.17) is 21.3 Å². The Labute approximate surface area is 197 Å². The Kier molecular flexibility index (Phi) is 8.22. The predicted molar refractivity (Wildman–Crippen MR) is 129 cm³/mol. The maximum absolute atomic E-state index is 13.6. The average Bonchev–Trinajstić information content (AvgIpc) is 2.81. The van der Waals surface area contributed by atoms with Crippen molar-refractivity contribution in [2.45, 2.75) is 46.1 Å². The van der Waals surface area contributed by atoms with Gasteiger partial charge in [0.15, 0.2) is 0 Å². The van der Waals surface area contributed by atoms with Gasteiger partial charge in [-0.2, -0.15) is 0 Å². The average molecular weight is 470 g/mol. The fraction of sp³-hybridized carbons (Fsp3) is 0.360. The summed E-state index contributed by atoms with van der Waals surface area (Å²) >= 11 is 6.22. The summed E-state index contributed by atoms with van der Waals surface area (Å²) in [4.78, 5) is 44.9. The molecule has 0 N–H and O–H groups in total. The second kappa shape index (κ2) is 11.1. The van der Waals surface area contributed by atoms with Crippen molar-refractivity contribution in [2.75, 3.05) is 13.2 Å². The van der Waals surface area contributed by atoms with Crippen molar-refractivity contribution in [1.82, 2.24) is 14.5 Å². The van der Waals surface area contributed by atoms with Crippen LogP contribution in [0.3, 0.4) is 0 Å². The van der Waals surface area contributed by atoms with Gasteiger partial charge in [0.25, 0.3) is 5.56 Å². The van der Waals surface area contributed by atoms with Crippen molar-refractivity contribution >= 4 is 34.4 Å². The summed E-state index contributed by atoms with van der Waals surface area (Å²) in [7, 11) is 0. The molecule has 1 unspecified atom stereocenters. The molecule has 0 aliphatic heterocycles. The van der Waals surface area contributed by atoms with Crippen molar-refractivity contribution in [3.8, 4) is 5.69 Å². The molecule has 0 saturated heterocycles. The lowest BCUT2D eigenvalue weighted by atomic mass is 10.1. The van der Waals surface area contributed by atoms with Gasteiger partial charge in [0.1, 0.15) is 5.82 Å². The van der Waals surface area contributed by atoms with Crippen LogP contribution in [0, 0.1) is 0 Å². The third kappa shape index (κ3) is 5.42. The van der Waals surface area contributed by atoms with Crippen LogP contribution in [0.15, 0.2) is 53.3 Å². The van der Waals surface area contributed by atoms with Gasteiger partial charge in [-0.1, -0.05) is 36.7 Å². The molecule has 0 spiro atoms. The molecule has 0 saturated carbocycles. The minimum absolute atomic E-state index is 0.00581. The van der Waals surface area contributed by atoms with Gasteiger partial charge in [-0.3, -0.25) is 19.0 Å². The number of nitrogens with zero attached hydrogens (tertiary/aromatic N) is 3. The van der Waals surface area contributed by atoms with Crippen molar-refractivity contribution in [3.05, 3.63) is 69.7 Å². The van der Waals surface area contributed by atoms with Crippen LogP contribution in [0.4, 0.5) is 0 Å². The quantitative estimate of drug-likeness (QED) is 0.425. The molecule has 0 aliphatic rings. The molecule has 0 bridgehead atoms. The predicted octanol–water partition coefficient (Wildman–Crippen LogP) is 4.68. The number of aromatic nitrogens is 2. The molecule has 0 radical (unpaired) electrons. The van der Waals surface area contributed by atoms with Crippen LogP contribution in [-0.2, 0) is 14.3 Å². The normalized spacial score (nSPS) is 11.9. The first kappa shape index (κ1) is 24.5. The van der Waals surface area contributed by atoms with Gasteiger partial charge in [-0.25, -0.2) is 4.98 Å². The van der Waals surface area contributed by atoms with Gasteiger partial charge < -0.3 is 9.64 Å². The second-order valence-corrected chi connectivity index (χ2v) is 7.95. The van der Waals surface area contributed by atoms with Crippen LogP contribution >= 0.6 is 11.6 Å². The Morgan fingerprint density at radius 3 is 2.52 bits per heavy atom. The van der Waals surface area contributed by atoms with E-state index in [0.717, 1.165) is 0 Å². The summed E-state index contributed by atoms with van der Waals surface area (Å²) in [6.45, 7) is 6.21. The standard InChI is InChI=1S/C25H28ClN3O4/c1-4-21(28(5-2)22(30)14-15-23(31)33-6-3)24-27-20-13-8-7-12-19(20)25(32)29(24)18-11-9-10-17(26)16-18/h7-13,16,21H,4-6,14-15H2,1-3H3. The molecule has 8 heteroatoms. The van der Waals surface area contributed by atoms with Crippen LogP contribution in [0.5, 0.6) is 0 Å². The van der Waals surface area contributed by atoms with Crippen molar-refractivity contribution in [1.29, 1.82) is 0 Å². The Hall–Kier alpha value is -3.19. The highest BCUT2D eigenvalue weighted by molar-refractivity contribution is 6.30. The number of rotatable bonds is 9. The number of esters is 1. The monoisotopic (exact) mass is 469 g/mol. The number of carbonyl (C=O) groups excluding carboxylic acids is 2. The number of ether oxygens (including phenoxy) is 1. The van der Waals surface area contributed by atoms with E-state index in [2.05, 4.69) is 0 Å². The molecule has 3 rings (SSSR count). The number of fused-ring (bicyclic) bond motifs is 1. The fourth-order valence-electron chi connectivity index (χ4n) is 3.94. The molecule has 174 valence electrons. The van der Waals surface area contributed by atoms with E-state index in [1.807, 2.05) is 19.9 Å². The summed E-state index contributed by atoms with van der Waals surface area (Å²) in [5, 5.41) is 0.970. The highest BCUT2D eigenvalue weighted by Gasteiger charge is 2.28. The van der Waals surface area contributed by atoms with Crippen LogP contribution in [-0.4, -0.2) is 39.5 Å². The Morgan fingerprint density at radius 2 is 1.85 bits per heavy atom. The summed E-state index contributed by atoms with van der Waals surface area (Å²) in [6.07, 6.45) is 0.564. The van der Waals surface area contributed by atoms with Gasteiger partial charge in [-0.05, 0) is 50.6 Å². The summed E-state index contributed by atoms with van der Waals surface area (Å²) in [5.74, 6) is -0.151. The maximum Gasteiger partial charge on any atom is 0.306 e. The molecule has 0 fully saturated rings. The van der Waals surface area contributed by atoms with E-state index in [1.54, 1.807) is 54.3 Å². The van der Waals surface area contributed by atoms with Crippen LogP contribution in [0.1, 0.15) is 51.9 Å². The van der Waals surface area contributed by atoms with Gasteiger partial charge in [0, 0.05) is 18.0 Å². The minimum Gasteiger partial charge on any atom is -0.466 e. The van der Waals surface area contributed by atoms with Crippen molar-refractivity contribution in [2.24, 2.45) is 0 Å². The lowest BCUT2D eigenvalue weighted by Crippen LogP contribution is -2.38. The number of benzene rings is 2. The highest BCUT2D eigenvalue weighted by atomic mass is 35.5. The molecule has 1 heterocycles. The maximum atomic E-state index is 13.6. The molecule has 0 aliphatic carbocycles. The van der Waals surface area contributed by atoms with Gasteiger partial charge in [-0.15, -0.1) is 0 Å². The third-order valence-corrected chi connectivity index (χ3v) is 5.67. The molecule has 1 aromatic heterocycles. The van der Waals surface area contributed by atoms with Gasteiger partial charge >= 0.3 is 5.97 Å². The molecule has 1 atom stereocenters. The lowest BCUT2D eigenvalue weighted by Gasteiger charge is -2.31. The molecular weight excluding hydrogens is 442 g/mol. The molecule has 3 aromatic rings. The number of halogens is 1. The SMILES string of the molecule is CCOC(=O)CCC(=O)N(CC)C(CC)c1nc2ccccc2c(=O)n1-c1cccc(Cl)c1. The van der Waals surface area contributed by atoms with Crippen LogP contribution in [0.25, 0.3) is 16.6 Å². The van der Waals surface area contributed by atoms with E-state index in [9.17, 15) is 14.4 Å². The summed E-state index contributed by atoms with van der Waals surface area (Å²) in [6, 6.07) is 13.7. The second-order valence-electron chi connectivity index (χ2n) is 7.52.